The lowest BCUT2D eigenvalue weighted by molar-refractivity contribution is 0.0944. The summed E-state index contributed by atoms with van der Waals surface area (Å²) in [5.74, 6) is 0.663. The molecule has 2 nitrogen and oxygen atoms in total. The number of hydrogen-bond donors (Lipinski definition) is 1. The highest BCUT2D eigenvalue weighted by atomic mass is 32.1. The lowest BCUT2D eigenvalue weighted by atomic mass is 10.00. The topological polar surface area (TPSA) is 29.1 Å². The van der Waals surface area contributed by atoms with Crippen LogP contribution in [-0.4, -0.2) is 5.91 Å². The summed E-state index contributed by atoms with van der Waals surface area (Å²) in [5, 5.41) is 4.95. The highest BCUT2D eigenvalue weighted by molar-refractivity contribution is 7.12. The third kappa shape index (κ3) is 3.94. The molecule has 0 radical (unpaired) electrons. The van der Waals surface area contributed by atoms with Gasteiger partial charge in [-0.05, 0) is 41.8 Å². The number of nitrogens with one attached hydrogen (secondary N) is 1. The summed E-state index contributed by atoms with van der Waals surface area (Å²) in [6.45, 7) is 6.46. The zero-order valence-electron chi connectivity index (χ0n) is 12.2. The maximum absolute atomic E-state index is 12.0. The van der Waals surface area contributed by atoms with Crippen LogP contribution in [0.4, 0.5) is 0 Å². The summed E-state index contributed by atoms with van der Waals surface area (Å²) in [6.07, 6.45) is 1.09. The quantitative estimate of drug-likeness (QED) is 0.865. The molecule has 1 aromatic carbocycles. The lowest BCUT2D eigenvalue weighted by Gasteiger charge is -2.14. The molecule has 20 heavy (non-hydrogen) atoms. The van der Waals surface area contributed by atoms with Gasteiger partial charge >= 0.3 is 0 Å². The fourth-order valence-corrected chi connectivity index (χ4v) is 2.80. The van der Waals surface area contributed by atoms with Gasteiger partial charge in [0.1, 0.15) is 0 Å². The van der Waals surface area contributed by atoms with Gasteiger partial charge in [-0.2, -0.15) is 0 Å². The van der Waals surface area contributed by atoms with Gasteiger partial charge in [0.25, 0.3) is 5.91 Å². The van der Waals surface area contributed by atoms with Crippen molar-refractivity contribution in [1.29, 1.82) is 0 Å². The monoisotopic (exact) mass is 287 g/mol. The predicted molar refractivity (Wildman–Crippen MR) is 85.2 cm³/mol. The average molecular weight is 287 g/mol. The summed E-state index contributed by atoms with van der Waals surface area (Å²) in [5.41, 5.74) is 2.49. The van der Waals surface area contributed by atoms with E-state index in [1.807, 2.05) is 24.4 Å². The van der Waals surface area contributed by atoms with Crippen molar-refractivity contribution >= 4 is 17.2 Å². The summed E-state index contributed by atoms with van der Waals surface area (Å²) in [7, 11) is 0. The molecule has 0 spiro atoms. The number of rotatable bonds is 5. The van der Waals surface area contributed by atoms with E-state index >= 15 is 0 Å². The summed E-state index contributed by atoms with van der Waals surface area (Å²) in [6, 6.07) is 12.3. The summed E-state index contributed by atoms with van der Waals surface area (Å²) < 4.78 is 0. The minimum atomic E-state index is -0.00115. The fourth-order valence-electron chi connectivity index (χ4n) is 2.17. The zero-order chi connectivity index (χ0) is 14.5. The van der Waals surface area contributed by atoms with Crippen LogP contribution in [-0.2, 0) is 6.42 Å². The van der Waals surface area contributed by atoms with Crippen LogP contribution in [0.15, 0.2) is 41.8 Å². The summed E-state index contributed by atoms with van der Waals surface area (Å²) >= 11 is 1.47. The van der Waals surface area contributed by atoms with Gasteiger partial charge in [0, 0.05) is 0 Å². The molecular formula is C17H21NOS. The van der Waals surface area contributed by atoms with E-state index in [2.05, 4.69) is 43.4 Å². The molecule has 106 valence electrons. The standard InChI is InChI=1S/C17H21NOS/c1-12(2)11-14-6-8-15(9-7-14)13(3)18-17(19)16-5-4-10-20-16/h4-10,12-13H,11H2,1-3H3,(H,18,19). The van der Waals surface area contributed by atoms with Crippen LogP contribution in [0.1, 0.15) is 47.6 Å². The van der Waals surface area contributed by atoms with Crippen LogP contribution in [0, 0.1) is 5.92 Å². The number of thiophene rings is 1. The molecule has 0 bridgehead atoms. The van der Waals surface area contributed by atoms with Crippen LogP contribution in [0.5, 0.6) is 0 Å². The molecular weight excluding hydrogens is 266 g/mol. The van der Waals surface area contributed by atoms with E-state index in [0.717, 1.165) is 16.9 Å². The van der Waals surface area contributed by atoms with Crippen molar-refractivity contribution in [2.75, 3.05) is 0 Å². The molecule has 0 aliphatic carbocycles. The molecule has 1 atom stereocenters. The first-order valence-electron chi connectivity index (χ1n) is 6.99. The van der Waals surface area contributed by atoms with Crippen molar-refractivity contribution in [3.63, 3.8) is 0 Å². The third-order valence-electron chi connectivity index (χ3n) is 3.22. The molecule has 1 unspecified atom stereocenters. The third-order valence-corrected chi connectivity index (χ3v) is 4.08. The number of carbonyl (C=O) groups is 1. The van der Waals surface area contributed by atoms with Gasteiger partial charge in [0.15, 0.2) is 0 Å². The van der Waals surface area contributed by atoms with Gasteiger partial charge in [-0.3, -0.25) is 4.79 Å². The van der Waals surface area contributed by atoms with E-state index in [0.29, 0.717) is 5.92 Å². The molecule has 3 heteroatoms. The van der Waals surface area contributed by atoms with Crippen LogP contribution in [0.25, 0.3) is 0 Å². The Hall–Kier alpha value is -1.61. The SMILES string of the molecule is CC(C)Cc1ccc(C(C)NC(=O)c2cccs2)cc1. The van der Waals surface area contributed by atoms with Crippen LogP contribution < -0.4 is 5.32 Å². The average Bonchev–Trinajstić information content (AvgIpc) is 2.92. The van der Waals surface area contributed by atoms with Crippen LogP contribution in [0.3, 0.4) is 0 Å². The molecule has 2 rings (SSSR count). The van der Waals surface area contributed by atoms with E-state index in [9.17, 15) is 4.79 Å². The van der Waals surface area contributed by atoms with Gasteiger partial charge in [0.2, 0.25) is 0 Å². The molecule has 0 aliphatic rings. The number of amides is 1. The van der Waals surface area contributed by atoms with E-state index in [1.54, 1.807) is 0 Å². The largest absolute Gasteiger partial charge is 0.345 e. The first-order valence-corrected chi connectivity index (χ1v) is 7.87. The normalized spacial score (nSPS) is 12.4. The molecule has 0 fully saturated rings. The minimum Gasteiger partial charge on any atom is -0.345 e. The minimum absolute atomic E-state index is 0.00115. The maximum atomic E-state index is 12.0. The molecule has 1 amide bonds. The number of hydrogen-bond acceptors (Lipinski definition) is 2. The van der Waals surface area contributed by atoms with E-state index in [1.165, 1.54) is 16.9 Å². The Kier molecular flexibility index (Phi) is 4.96. The highest BCUT2D eigenvalue weighted by Crippen LogP contribution is 2.17. The van der Waals surface area contributed by atoms with Gasteiger partial charge in [-0.25, -0.2) is 0 Å². The Balaban J connectivity index is 1.98. The smallest absolute Gasteiger partial charge is 0.261 e. The first-order chi connectivity index (χ1) is 9.56. The first kappa shape index (κ1) is 14.8. The maximum Gasteiger partial charge on any atom is 0.261 e. The second-order valence-corrected chi connectivity index (χ2v) is 6.46. The summed E-state index contributed by atoms with van der Waals surface area (Å²) in [4.78, 5) is 12.8. The molecule has 1 N–H and O–H groups in total. The Morgan fingerprint density at radius 3 is 2.40 bits per heavy atom. The lowest BCUT2D eigenvalue weighted by Crippen LogP contribution is -2.25. The van der Waals surface area contributed by atoms with Gasteiger partial charge < -0.3 is 5.32 Å². The molecule has 2 aromatic rings. The molecule has 0 saturated heterocycles. The van der Waals surface area contributed by atoms with Gasteiger partial charge in [-0.15, -0.1) is 11.3 Å². The van der Waals surface area contributed by atoms with E-state index < -0.39 is 0 Å². The number of carbonyl (C=O) groups excluding carboxylic acids is 1. The van der Waals surface area contributed by atoms with Crippen LogP contribution >= 0.6 is 11.3 Å². The molecule has 0 aliphatic heterocycles. The number of benzene rings is 1. The second-order valence-electron chi connectivity index (χ2n) is 5.51. The molecule has 0 saturated carbocycles. The zero-order valence-corrected chi connectivity index (χ0v) is 13.0. The van der Waals surface area contributed by atoms with Gasteiger partial charge in [-0.1, -0.05) is 44.2 Å². The van der Waals surface area contributed by atoms with Crippen molar-refractivity contribution in [3.05, 3.63) is 57.8 Å². The highest BCUT2D eigenvalue weighted by Gasteiger charge is 2.12. The van der Waals surface area contributed by atoms with Crippen molar-refractivity contribution in [3.8, 4) is 0 Å². The van der Waals surface area contributed by atoms with Crippen molar-refractivity contribution in [2.24, 2.45) is 5.92 Å². The van der Waals surface area contributed by atoms with Crippen molar-refractivity contribution in [1.82, 2.24) is 5.32 Å². The van der Waals surface area contributed by atoms with Crippen molar-refractivity contribution < 1.29 is 4.79 Å². The van der Waals surface area contributed by atoms with Crippen molar-refractivity contribution in [2.45, 2.75) is 33.2 Å². The van der Waals surface area contributed by atoms with E-state index in [4.69, 9.17) is 0 Å². The Labute approximate surface area is 124 Å². The second kappa shape index (κ2) is 6.71. The molecule has 1 heterocycles. The molecule has 1 aromatic heterocycles. The van der Waals surface area contributed by atoms with Crippen LogP contribution in [0.2, 0.25) is 0 Å². The van der Waals surface area contributed by atoms with Gasteiger partial charge in [0.05, 0.1) is 10.9 Å². The Morgan fingerprint density at radius 2 is 1.85 bits per heavy atom. The van der Waals surface area contributed by atoms with E-state index in [-0.39, 0.29) is 11.9 Å². The Morgan fingerprint density at radius 1 is 1.15 bits per heavy atom. The Bertz CT molecular complexity index is 543. The fraction of sp³-hybridized carbons (Fsp3) is 0.353. The predicted octanol–water partition coefficient (Wildman–Crippen LogP) is 4.44.